The maximum atomic E-state index is 11.9. The molecule has 0 radical (unpaired) electrons. The van der Waals surface area contributed by atoms with Crippen molar-refractivity contribution < 1.29 is 22.8 Å². The molecule has 2 fully saturated rings. The lowest BCUT2D eigenvalue weighted by Crippen LogP contribution is -2.45. The first-order valence-electron chi connectivity index (χ1n) is 5.84. The number of likely N-dealkylation sites (N-methyl/N-ethyl adjacent to an activating group) is 1. The molecule has 0 aromatic heterocycles. The van der Waals surface area contributed by atoms with E-state index in [1.165, 1.54) is 11.9 Å². The molecule has 2 saturated heterocycles. The standard InChI is InChI=1S/C10H15N3O5S/c1-12(7-2-3-19(17,18)6-7)9(15)5-13-8(14)4-11-10(13)16/h7H,2-6H2,1H3,(H,11,16). The van der Waals surface area contributed by atoms with Gasteiger partial charge < -0.3 is 10.2 Å². The fourth-order valence-electron chi connectivity index (χ4n) is 2.15. The van der Waals surface area contributed by atoms with E-state index in [0.717, 1.165) is 4.90 Å². The van der Waals surface area contributed by atoms with Gasteiger partial charge in [-0.05, 0) is 6.42 Å². The summed E-state index contributed by atoms with van der Waals surface area (Å²) < 4.78 is 22.7. The van der Waals surface area contributed by atoms with Crippen LogP contribution in [0.3, 0.4) is 0 Å². The monoisotopic (exact) mass is 289 g/mol. The lowest BCUT2D eigenvalue weighted by atomic mass is 10.2. The molecule has 0 aromatic carbocycles. The van der Waals surface area contributed by atoms with E-state index in [0.29, 0.717) is 6.42 Å². The quantitative estimate of drug-likeness (QED) is 0.616. The molecule has 2 rings (SSSR count). The Morgan fingerprint density at radius 1 is 1.47 bits per heavy atom. The van der Waals surface area contributed by atoms with Crippen LogP contribution in [-0.2, 0) is 19.4 Å². The number of hydrogen-bond donors (Lipinski definition) is 1. The van der Waals surface area contributed by atoms with Crippen molar-refractivity contribution in [1.82, 2.24) is 15.1 Å². The number of sulfone groups is 1. The summed E-state index contributed by atoms with van der Waals surface area (Å²) in [5.74, 6) is -0.883. The van der Waals surface area contributed by atoms with E-state index in [1.807, 2.05) is 0 Å². The highest BCUT2D eigenvalue weighted by Gasteiger charge is 2.35. The van der Waals surface area contributed by atoms with Crippen LogP contribution in [0.1, 0.15) is 6.42 Å². The van der Waals surface area contributed by atoms with Crippen LogP contribution in [-0.4, -0.2) is 73.7 Å². The Bertz CT molecular complexity index is 513. The lowest BCUT2D eigenvalue weighted by Gasteiger charge is -2.25. The van der Waals surface area contributed by atoms with Crippen LogP contribution < -0.4 is 5.32 Å². The van der Waals surface area contributed by atoms with Gasteiger partial charge in [0, 0.05) is 13.1 Å². The molecule has 0 aliphatic carbocycles. The number of amides is 4. The van der Waals surface area contributed by atoms with E-state index in [9.17, 15) is 22.8 Å². The van der Waals surface area contributed by atoms with Crippen LogP contribution in [0.25, 0.3) is 0 Å². The van der Waals surface area contributed by atoms with Crippen LogP contribution in [0.2, 0.25) is 0 Å². The van der Waals surface area contributed by atoms with Gasteiger partial charge in [0.2, 0.25) is 5.91 Å². The van der Waals surface area contributed by atoms with Gasteiger partial charge in [-0.2, -0.15) is 0 Å². The summed E-state index contributed by atoms with van der Waals surface area (Å²) in [6, 6.07) is -0.968. The predicted octanol–water partition coefficient (Wildman–Crippen LogP) is -1.82. The van der Waals surface area contributed by atoms with E-state index >= 15 is 0 Å². The molecule has 1 N–H and O–H groups in total. The molecule has 8 nitrogen and oxygen atoms in total. The number of rotatable bonds is 3. The fourth-order valence-corrected chi connectivity index (χ4v) is 3.92. The Morgan fingerprint density at radius 2 is 2.16 bits per heavy atom. The maximum Gasteiger partial charge on any atom is 0.325 e. The highest BCUT2D eigenvalue weighted by atomic mass is 32.2. The topological polar surface area (TPSA) is 104 Å². The Morgan fingerprint density at radius 3 is 2.63 bits per heavy atom. The van der Waals surface area contributed by atoms with Gasteiger partial charge in [0.05, 0.1) is 18.1 Å². The van der Waals surface area contributed by atoms with E-state index in [2.05, 4.69) is 5.32 Å². The number of urea groups is 1. The summed E-state index contributed by atoms with van der Waals surface area (Å²) in [5, 5.41) is 2.32. The minimum atomic E-state index is -3.08. The number of carbonyl (C=O) groups is 3. The van der Waals surface area contributed by atoms with Crippen molar-refractivity contribution in [2.75, 3.05) is 31.6 Å². The maximum absolute atomic E-state index is 11.9. The molecule has 2 aliphatic rings. The largest absolute Gasteiger partial charge is 0.340 e. The van der Waals surface area contributed by atoms with E-state index < -0.39 is 27.7 Å². The van der Waals surface area contributed by atoms with Crippen molar-refractivity contribution in [2.45, 2.75) is 12.5 Å². The number of hydrogen-bond acceptors (Lipinski definition) is 5. The molecule has 0 spiro atoms. The summed E-state index contributed by atoms with van der Waals surface area (Å²) >= 11 is 0. The van der Waals surface area contributed by atoms with Gasteiger partial charge in [-0.3, -0.25) is 14.5 Å². The second-order valence-corrected chi connectivity index (χ2v) is 6.93. The Balaban J connectivity index is 1.97. The van der Waals surface area contributed by atoms with Gasteiger partial charge in [0.1, 0.15) is 6.54 Å². The second-order valence-electron chi connectivity index (χ2n) is 4.70. The van der Waals surface area contributed by atoms with Crippen LogP contribution in [0.15, 0.2) is 0 Å². The van der Waals surface area contributed by atoms with E-state index in [1.54, 1.807) is 0 Å². The van der Waals surface area contributed by atoms with Crippen molar-refractivity contribution in [1.29, 1.82) is 0 Å². The Hall–Kier alpha value is -1.64. The second kappa shape index (κ2) is 4.80. The number of carbonyl (C=O) groups excluding carboxylic acids is 3. The molecule has 1 unspecified atom stereocenters. The normalized spacial score (nSPS) is 25.5. The highest BCUT2D eigenvalue weighted by molar-refractivity contribution is 7.91. The highest BCUT2D eigenvalue weighted by Crippen LogP contribution is 2.17. The fraction of sp³-hybridized carbons (Fsp3) is 0.700. The number of nitrogens with zero attached hydrogens (tertiary/aromatic N) is 2. The molecular formula is C10H15N3O5S. The third kappa shape index (κ3) is 2.86. The van der Waals surface area contributed by atoms with Crippen molar-refractivity contribution >= 4 is 27.7 Å². The van der Waals surface area contributed by atoms with Gasteiger partial charge in [0.15, 0.2) is 9.84 Å². The summed E-state index contributed by atoms with van der Waals surface area (Å²) in [7, 11) is -1.58. The lowest BCUT2D eigenvalue weighted by molar-refractivity contribution is -0.136. The summed E-state index contributed by atoms with van der Waals surface area (Å²) in [5.41, 5.74) is 0. The molecule has 9 heteroatoms. The smallest absolute Gasteiger partial charge is 0.325 e. The zero-order valence-electron chi connectivity index (χ0n) is 10.5. The molecule has 0 bridgehead atoms. The van der Waals surface area contributed by atoms with Crippen molar-refractivity contribution in [3.63, 3.8) is 0 Å². The van der Waals surface area contributed by atoms with Crippen molar-refractivity contribution in [2.24, 2.45) is 0 Å². The summed E-state index contributed by atoms with van der Waals surface area (Å²) in [4.78, 5) is 36.7. The predicted molar refractivity (Wildman–Crippen MR) is 64.9 cm³/mol. The van der Waals surface area contributed by atoms with Crippen molar-refractivity contribution in [3.8, 4) is 0 Å². The number of imide groups is 1. The average molecular weight is 289 g/mol. The van der Waals surface area contributed by atoms with Gasteiger partial charge in [-0.1, -0.05) is 0 Å². The molecule has 2 aliphatic heterocycles. The van der Waals surface area contributed by atoms with E-state index in [4.69, 9.17) is 0 Å². The Labute approximate surface area is 110 Å². The van der Waals surface area contributed by atoms with Crippen molar-refractivity contribution in [3.05, 3.63) is 0 Å². The molecule has 1 atom stereocenters. The zero-order chi connectivity index (χ0) is 14.2. The first-order chi connectivity index (χ1) is 8.80. The third-order valence-electron chi connectivity index (χ3n) is 3.38. The van der Waals surface area contributed by atoms with Gasteiger partial charge >= 0.3 is 6.03 Å². The minimum absolute atomic E-state index is 0.0601. The van der Waals surface area contributed by atoms with Crippen LogP contribution in [0.5, 0.6) is 0 Å². The molecule has 19 heavy (non-hydrogen) atoms. The molecule has 106 valence electrons. The van der Waals surface area contributed by atoms with Gasteiger partial charge in [-0.25, -0.2) is 13.2 Å². The number of nitrogens with one attached hydrogen (secondary N) is 1. The molecule has 0 aromatic rings. The molecular weight excluding hydrogens is 274 g/mol. The Kier molecular flexibility index (Phi) is 3.48. The van der Waals surface area contributed by atoms with Crippen LogP contribution in [0, 0.1) is 0 Å². The van der Waals surface area contributed by atoms with Gasteiger partial charge in [0.25, 0.3) is 5.91 Å². The minimum Gasteiger partial charge on any atom is -0.340 e. The average Bonchev–Trinajstić information content (AvgIpc) is 2.84. The first-order valence-corrected chi connectivity index (χ1v) is 7.66. The third-order valence-corrected chi connectivity index (χ3v) is 5.13. The SMILES string of the molecule is CN(C(=O)CN1C(=O)CNC1=O)C1CCS(=O)(=O)C1. The van der Waals surface area contributed by atoms with Crippen LogP contribution in [0.4, 0.5) is 4.79 Å². The molecule has 0 saturated carbocycles. The van der Waals surface area contributed by atoms with Crippen LogP contribution >= 0.6 is 0 Å². The van der Waals surface area contributed by atoms with Gasteiger partial charge in [-0.15, -0.1) is 0 Å². The molecule has 2 heterocycles. The van der Waals surface area contributed by atoms with E-state index in [-0.39, 0.29) is 30.6 Å². The summed E-state index contributed by atoms with van der Waals surface area (Å²) in [6.07, 6.45) is 0.394. The molecule has 4 amide bonds. The summed E-state index contributed by atoms with van der Waals surface area (Å²) in [6.45, 7) is -0.453. The zero-order valence-corrected chi connectivity index (χ0v) is 11.3. The first kappa shape index (κ1) is 13.8.